The van der Waals surface area contributed by atoms with E-state index in [1.54, 1.807) is 26.8 Å². The van der Waals surface area contributed by atoms with E-state index in [1.165, 1.54) is 0 Å². The summed E-state index contributed by atoms with van der Waals surface area (Å²) in [4.78, 5) is 29.7. The minimum Gasteiger partial charge on any atom is -0.492 e. The maximum atomic E-state index is 13.4. The molecule has 238 valence electrons. The number of aliphatic hydroxyl groups is 3. The van der Waals surface area contributed by atoms with E-state index in [-0.39, 0.29) is 43.0 Å². The molecule has 0 radical (unpaired) electrons. The molecule has 2 atom stereocenters. The van der Waals surface area contributed by atoms with Gasteiger partial charge in [0, 0.05) is 49.1 Å². The molecule has 4 N–H and O–H groups in total. The molecule has 3 aliphatic rings. The van der Waals surface area contributed by atoms with Crippen molar-refractivity contribution in [3.05, 3.63) is 70.1 Å². The van der Waals surface area contributed by atoms with Crippen LogP contribution in [0.5, 0.6) is 17.2 Å². The van der Waals surface area contributed by atoms with Crippen molar-refractivity contribution in [1.82, 2.24) is 4.98 Å². The first-order valence-electron chi connectivity index (χ1n) is 15.5. The van der Waals surface area contributed by atoms with Crippen molar-refractivity contribution in [2.45, 2.75) is 77.1 Å². The molecule has 0 spiro atoms. The fourth-order valence-corrected chi connectivity index (χ4v) is 6.45. The van der Waals surface area contributed by atoms with Crippen molar-refractivity contribution in [1.29, 1.82) is 0 Å². The van der Waals surface area contributed by atoms with Crippen LogP contribution in [-0.2, 0) is 27.4 Å². The number of carbonyl (C=O) groups excluding carboxylic acids is 2. The number of Topliss-reactive ketones (excluding diaryl/α,β-unsaturated/α-hetero) is 1. The topological polar surface area (TPSA) is 148 Å². The predicted octanol–water partition coefficient (Wildman–Crippen LogP) is 4.63. The molecule has 0 amide bonds. The number of nitrogens with one attached hydrogen (secondary N) is 1. The van der Waals surface area contributed by atoms with E-state index in [1.807, 2.05) is 30.5 Å². The van der Waals surface area contributed by atoms with Crippen molar-refractivity contribution in [2.75, 3.05) is 19.8 Å². The molecule has 0 bridgehead atoms. The summed E-state index contributed by atoms with van der Waals surface area (Å²) in [5.41, 5.74) is 3.85. The van der Waals surface area contributed by atoms with Gasteiger partial charge in [0.1, 0.15) is 29.1 Å². The first-order valence-corrected chi connectivity index (χ1v) is 15.5. The lowest BCUT2D eigenvalue weighted by atomic mass is 9.76. The molecule has 6 rings (SSSR count). The molecular weight excluding hydrogens is 578 g/mol. The van der Waals surface area contributed by atoms with Gasteiger partial charge in [0.15, 0.2) is 0 Å². The lowest BCUT2D eigenvalue weighted by molar-refractivity contribution is -0.141. The van der Waals surface area contributed by atoms with Crippen molar-refractivity contribution >= 4 is 28.2 Å². The molecule has 1 fully saturated rings. The Hall–Kier alpha value is -4.12. The predicted molar refractivity (Wildman–Crippen MR) is 166 cm³/mol. The van der Waals surface area contributed by atoms with Gasteiger partial charge in [-0.25, -0.2) is 4.79 Å². The Bertz CT molecular complexity index is 1710. The van der Waals surface area contributed by atoms with Gasteiger partial charge in [0.2, 0.25) is 5.76 Å². The van der Waals surface area contributed by atoms with Crippen molar-refractivity contribution in [3.63, 3.8) is 0 Å². The molecular formula is C35H39NO9. The number of rotatable bonds is 9. The highest BCUT2D eigenvalue weighted by Crippen LogP contribution is 2.55. The molecule has 2 aromatic carbocycles. The Balaban J connectivity index is 1.55. The fourth-order valence-electron chi connectivity index (χ4n) is 6.45. The molecule has 45 heavy (non-hydrogen) atoms. The van der Waals surface area contributed by atoms with E-state index < -0.39 is 24.3 Å². The maximum absolute atomic E-state index is 13.4. The summed E-state index contributed by atoms with van der Waals surface area (Å²) in [6, 6.07) is 7.96. The monoisotopic (exact) mass is 617 g/mol. The smallest absolute Gasteiger partial charge is 0.374 e. The molecule has 1 saturated carbocycles. The van der Waals surface area contributed by atoms with Gasteiger partial charge in [-0.05, 0) is 74.4 Å². The zero-order valence-corrected chi connectivity index (χ0v) is 25.8. The van der Waals surface area contributed by atoms with E-state index >= 15 is 0 Å². The van der Waals surface area contributed by atoms with Crippen LogP contribution in [0.25, 0.3) is 16.5 Å². The third-order valence-corrected chi connectivity index (χ3v) is 8.80. The number of esters is 1. The number of benzene rings is 2. The number of H-pyrrole nitrogens is 1. The van der Waals surface area contributed by atoms with Crippen LogP contribution in [0.4, 0.5) is 0 Å². The second-order valence-corrected chi connectivity index (χ2v) is 12.3. The number of ketones is 1. The normalized spacial score (nSPS) is 21.1. The summed E-state index contributed by atoms with van der Waals surface area (Å²) in [6.07, 6.45) is 4.76. The van der Waals surface area contributed by atoms with Gasteiger partial charge in [0.05, 0.1) is 36.5 Å². The molecule has 1 aliphatic carbocycles. The van der Waals surface area contributed by atoms with Crippen LogP contribution >= 0.6 is 0 Å². The van der Waals surface area contributed by atoms with Gasteiger partial charge < -0.3 is 39.3 Å². The number of aromatic amines is 1. The summed E-state index contributed by atoms with van der Waals surface area (Å²) in [6.45, 7) is 4.81. The van der Waals surface area contributed by atoms with E-state index in [0.717, 1.165) is 22.0 Å². The number of aliphatic hydroxyl groups excluding tert-OH is 2. The lowest BCUT2D eigenvalue weighted by Gasteiger charge is -2.30. The van der Waals surface area contributed by atoms with E-state index in [2.05, 4.69) is 4.98 Å². The number of allylic oxidation sites excluding steroid dienone is 3. The standard InChI is InChI=1S/C35H39NO9/c1-4-42-34(40)28-16-23(20-7-9-27(39)22(15-20)19-6-8-26-21(14-19)10-11-36-26)30-32(43-13-5-12-37)24-17-29(35(2,3)41)45-31(24)25(18-38)33(30)44-28/h6,8,10-11,14,16,22,29,36-38,41H,4-5,7,9,12-13,15,17-18H2,1-3H3. The molecule has 1 aromatic heterocycles. The van der Waals surface area contributed by atoms with Gasteiger partial charge in [0.25, 0.3) is 0 Å². The minimum atomic E-state index is -1.21. The second-order valence-electron chi connectivity index (χ2n) is 12.3. The van der Waals surface area contributed by atoms with Crippen LogP contribution in [0.15, 0.2) is 47.9 Å². The van der Waals surface area contributed by atoms with Gasteiger partial charge in [-0.3, -0.25) is 4.79 Å². The quantitative estimate of drug-likeness (QED) is 0.199. The average molecular weight is 618 g/mol. The molecule has 10 heteroatoms. The first-order chi connectivity index (χ1) is 21.6. The molecule has 0 saturated heterocycles. The maximum Gasteiger partial charge on any atom is 0.374 e. The number of carbonyl (C=O) groups is 2. The van der Waals surface area contributed by atoms with Crippen LogP contribution in [0.1, 0.15) is 74.6 Å². The van der Waals surface area contributed by atoms with Crippen molar-refractivity contribution in [2.24, 2.45) is 0 Å². The van der Waals surface area contributed by atoms with Crippen LogP contribution in [-0.4, -0.2) is 63.6 Å². The molecule has 3 heterocycles. The van der Waals surface area contributed by atoms with Gasteiger partial charge in [-0.2, -0.15) is 0 Å². The number of aromatic nitrogens is 1. The highest BCUT2D eigenvalue weighted by Gasteiger charge is 2.43. The van der Waals surface area contributed by atoms with E-state index in [4.69, 9.17) is 18.9 Å². The second kappa shape index (κ2) is 12.3. The third kappa shape index (κ3) is 5.74. The van der Waals surface area contributed by atoms with Crippen molar-refractivity contribution in [3.8, 4) is 17.2 Å². The Kier molecular flexibility index (Phi) is 8.47. The summed E-state index contributed by atoms with van der Waals surface area (Å²) in [7, 11) is 0. The number of ether oxygens (including phenoxy) is 4. The Labute approximate surface area is 261 Å². The summed E-state index contributed by atoms with van der Waals surface area (Å²) >= 11 is 0. The van der Waals surface area contributed by atoms with Crippen LogP contribution in [0.2, 0.25) is 0 Å². The lowest BCUT2D eigenvalue weighted by Crippen LogP contribution is -2.39. The molecule has 3 aromatic rings. The minimum absolute atomic E-state index is 0.0537. The zero-order valence-electron chi connectivity index (χ0n) is 25.8. The molecule has 2 aliphatic heterocycles. The Morgan fingerprint density at radius 1 is 1.13 bits per heavy atom. The Morgan fingerprint density at radius 2 is 1.96 bits per heavy atom. The van der Waals surface area contributed by atoms with Gasteiger partial charge >= 0.3 is 5.97 Å². The van der Waals surface area contributed by atoms with Crippen molar-refractivity contribution < 1.29 is 43.9 Å². The summed E-state index contributed by atoms with van der Waals surface area (Å²) in [5, 5.41) is 32.1. The third-order valence-electron chi connectivity index (χ3n) is 8.80. The zero-order chi connectivity index (χ0) is 31.9. The molecule has 2 unspecified atom stereocenters. The SMILES string of the molecule is CCOC(=O)C1=CC(=C2CCC(=O)C(c3ccc4[nH]ccc4c3)C2)c2c(OCCCO)c3c(c(CO)c2O1)OC(C(C)(C)O)C3. The number of fused-ring (bicyclic) bond motifs is 3. The summed E-state index contributed by atoms with van der Waals surface area (Å²) < 4.78 is 24.1. The fraction of sp³-hybridized carbons (Fsp3) is 0.429. The van der Waals surface area contributed by atoms with Crippen LogP contribution in [0, 0.1) is 0 Å². The number of hydrogen-bond donors (Lipinski definition) is 4. The van der Waals surface area contributed by atoms with Crippen LogP contribution < -0.4 is 14.2 Å². The van der Waals surface area contributed by atoms with E-state index in [0.29, 0.717) is 65.9 Å². The molecule has 10 nitrogen and oxygen atoms in total. The van der Waals surface area contributed by atoms with Crippen LogP contribution in [0.3, 0.4) is 0 Å². The highest BCUT2D eigenvalue weighted by molar-refractivity contribution is 5.98. The summed E-state index contributed by atoms with van der Waals surface area (Å²) in [5.74, 6) is 0.0326. The number of hydrogen-bond acceptors (Lipinski definition) is 9. The van der Waals surface area contributed by atoms with Gasteiger partial charge in [-0.15, -0.1) is 0 Å². The first kappa shape index (κ1) is 30.9. The van der Waals surface area contributed by atoms with Gasteiger partial charge in [-0.1, -0.05) is 11.6 Å². The van der Waals surface area contributed by atoms with E-state index in [9.17, 15) is 24.9 Å². The largest absolute Gasteiger partial charge is 0.492 e. The highest BCUT2D eigenvalue weighted by atomic mass is 16.6. The Morgan fingerprint density at radius 3 is 2.69 bits per heavy atom. The average Bonchev–Trinajstić information content (AvgIpc) is 3.68.